The van der Waals surface area contributed by atoms with Gasteiger partial charge in [0.05, 0.1) is 22.1 Å². The van der Waals surface area contributed by atoms with Crippen molar-refractivity contribution in [3.63, 3.8) is 0 Å². The molecule has 1 N–H and O–H groups in total. The molecule has 0 unspecified atom stereocenters. The highest BCUT2D eigenvalue weighted by Crippen LogP contribution is 2.51. The van der Waals surface area contributed by atoms with Crippen molar-refractivity contribution in [2.45, 2.75) is 24.6 Å². The molecule has 2 aliphatic rings. The molecule has 0 bridgehead atoms. The van der Waals surface area contributed by atoms with E-state index >= 15 is 0 Å². The minimum Gasteiger partial charge on any atom is -0.377 e. The molecule has 0 amide bonds. The normalized spacial score (nSPS) is 23.9. The molecule has 4 nitrogen and oxygen atoms in total. The molecule has 0 spiro atoms. The van der Waals surface area contributed by atoms with Gasteiger partial charge in [0, 0.05) is 17.7 Å². The second-order valence-electron chi connectivity index (χ2n) is 6.59. The summed E-state index contributed by atoms with van der Waals surface area (Å²) < 4.78 is 39.2. The lowest BCUT2D eigenvalue weighted by Crippen LogP contribution is -2.29. The molecule has 2 aromatic carbocycles. The van der Waals surface area contributed by atoms with Crippen molar-refractivity contribution in [2.75, 3.05) is 5.32 Å². The number of nitrogens with zero attached hydrogens (tertiary/aromatic N) is 1. The third-order valence-corrected chi connectivity index (χ3v) is 5.16. The fraction of sp³-hybridized carbons (Fsp3) is 0.263. The number of halogens is 3. The van der Waals surface area contributed by atoms with Crippen LogP contribution < -0.4 is 5.32 Å². The van der Waals surface area contributed by atoms with E-state index in [0.29, 0.717) is 23.2 Å². The third-order valence-electron chi connectivity index (χ3n) is 5.16. The zero-order valence-corrected chi connectivity index (χ0v) is 13.5. The number of alkyl halides is 3. The van der Waals surface area contributed by atoms with Crippen molar-refractivity contribution < 1.29 is 18.1 Å². The van der Waals surface area contributed by atoms with Gasteiger partial charge in [-0.25, -0.2) is 0 Å². The minimum absolute atomic E-state index is 0.0195. The number of hydrogen-bond donors (Lipinski definition) is 1. The maximum atomic E-state index is 13.1. The Morgan fingerprint density at radius 3 is 2.62 bits per heavy atom. The number of benzene rings is 2. The summed E-state index contributed by atoms with van der Waals surface area (Å²) in [6.45, 7) is 0. The second-order valence-corrected chi connectivity index (χ2v) is 6.59. The molecule has 1 heterocycles. The number of rotatable bonds is 2. The molecule has 26 heavy (non-hydrogen) atoms. The first-order valence-corrected chi connectivity index (χ1v) is 8.24. The summed E-state index contributed by atoms with van der Waals surface area (Å²) >= 11 is 0. The van der Waals surface area contributed by atoms with Crippen molar-refractivity contribution in [3.05, 3.63) is 81.4 Å². The van der Waals surface area contributed by atoms with Crippen LogP contribution in [0.5, 0.6) is 0 Å². The van der Waals surface area contributed by atoms with Crippen LogP contribution in [0.1, 0.15) is 35.1 Å². The summed E-state index contributed by atoms with van der Waals surface area (Å²) in [5, 5.41) is 14.6. The molecular formula is C19H15F3N2O2. The lowest BCUT2D eigenvalue weighted by Gasteiger charge is -2.37. The molecule has 0 fully saturated rings. The topological polar surface area (TPSA) is 55.2 Å². The molecular weight excluding hydrogens is 345 g/mol. The van der Waals surface area contributed by atoms with E-state index in [1.54, 1.807) is 18.2 Å². The zero-order chi connectivity index (χ0) is 18.5. The van der Waals surface area contributed by atoms with Crippen LogP contribution >= 0.6 is 0 Å². The van der Waals surface area contributed by atoms with Gasteiger partial charge in [0.1, 0.15) is 0 Å². The molecule has 0 radical (unpaired) electrons. The van der Waals surface area contributed by atoms with Gasteiger partial charge in [0.15, 0.2) is 0 Å². The standard InChI is InChI=1S/C19H15F3N2O2/c20-19(21,22)11-8-9-16-15(10-11)12-5-3-6-13(12)18(23-16)14-4-1-2-7-17(14)24(25)26/h1-5,7-10,12-13,18,23H,6H2/t12-,13+,18-/m1/s1. The predicted molar refractivity (Wildman–Crippen MR) is 90.9 cm³/mol. The number of nitrogens with one attached hydrogen (secondary N) is 1. The van der Waals surface area contributed by atoms with Gasteiger partial charge in [-0.1, -0.05) is 30.4 Å². The van der Waals surface area contributed by atoms with E-state index in [2.05, 4.69) is 5.32 Å². The van der Waals surface area contributed by atoms with Crippen molar-refractivity contribution in [1.29, 1.82) is 0 Å². The van der Waals surface area contributed by atoms with Gasteiger partial charge in [-0.15, -0.1) is 0 Å². The van der Waals surface area contributed by atoms with Crippen molar-refractivity contribution in [3.8, 4) is 0 Å². The quantitative estimate of drug-likeness (QED) is 0.441. The van der Waals surface area contributed by atoms with Crippen LogP contribution in [0.25, 0.3) is 0 Å². The molecule has 3 atom stereocenters. The Kier molecular flexibility index (Phi) is 3.75. The van der Waals surface area contributed by atoms with E-state index in [0.717, 1.165) is 6.07 Å². The number of nitro groups is 1. The van der Waals surface area contributed by atoms with E-state index in [4.69, 9.17) is 0 Å². The minimum atomic E-state index is -4.40. The van der Waals surface area contributed by atoms with Crippen molar-refractivity contribution in [2.24, 2.45) is 5.92 Å². The lowest BCUT2D eigenvalue weighted by molar-refractivity contribution is -0.385. The molecule has 134 valence electrons. The first-order chi connectivity index (χ1) is 12.4. The van der Waals surface area contributed by atoms with Crippen LogP contribution in [0.2, 0.25) is 0 Å². The van der Waals surface area contributed by atoms with E-state index in [9.17, 15) is 23.3 Å². The summed E-state index contributed by atoms with van der Waals surface area (Å²) in [4.78, 5) is 11.0. The van der Waals surface area contributed by atoms with Gasteiger partial charge in [-0.05, 0) is 36.1 Å². The second kappa shape index (κ2) is 5.86. The number of hydrogen-bond acceptors (Lipinski definition) is 3. The van der Waals surface area contributed by atoms with Gasteiger partial charge in [0.2, 0.25) is 0 Å². The number of allylic oxidation sites excluding steroid dienone is 2. The Morgan fingerprint density at radius 1 is 1.12 bits per heavy atom. The fourth-order valence-electron chi connectivity index (χ4n) is 4.00. The number of anilines is 1. The molecule has 0 saturated carbocycles. The summed E-state index contributed by atoms with van der Waals surface area (Å²) in [6.07, 6.45) is 0.104. The van der Waals surface area contributed by atoms with E-state index in [1.165, 1.54) is 18.2 Å². The van der Waals surface area contributed by atoms with Crippen LogP contribution in [0.3, 0.4) is 0 Å². The summed E-state index contributed by atoms with van der Waals surface area (Å²) in [5.74, 6) is -0.259. The van der Waals surface area contributed by atoms with Gasteiger partial charge in [0.25, 0.3) is 5.69 Å². The molecule has 1 aliphatic heterocycles. The number of fused-ring (bicyclic) bond motifs is 3. The van der Waals surface area contributed by atoms with Crippen molar-refractivity contribution >= 4 is 11.4 Å². The van der Waals surface area contributed by atoms with Crippen LogP contribution in [0, 0.1) is 16.0 Å². The molecule has 4 rings (SSSR count). The Morgan fingerprint density at radius 2 is 1.88 bits per heavy atom. The summed E-state index contributed by atoms with van der Waals surface area (Å²) in [7, 11) is 0. The first kappa shape index (κ1) is 16.6. The Hall–Kier alpha value is -2.83. The zero-order valence-electron chi connectivity index (χ0n) is 13.5. The fourth-order valence-corrected chi connectivity index (χ4v) is 4.00. The maximum Gasteiger partial charge on any atom is 0.416 e. The maximum absolute atomic E-state index is 13.1. The molecule has 0 aromatic heterocycles. The molecule has 1 aliphatic carbocycles. The van der Waals surface area contributed by atoms with E-state index in [-0.39, 0.29) is 23.6 Å². The SMILES string of the molecule is O=[N+]([O-])c1ccccc1[C@@H]1Nc2ccc(C(F)(F)F)cc2[C@@H]2C=CC[C@@H]21. The third kappa shape index (κ3) is 2.64. The lowest BCUT2D eigenvalue weighted by atomic mass is 9.76. The first-order valence-electron chi connectivity index (χ1n) is 8.24. The van der Waals surface area contributed by atoms with Gasteiger partial charge in [-0.2, -0.15) is 13.2 Å². The van der Waals surface area contributed by atoms with Crippen LogP contribution in [0.15, 0.2) is 54.6 Å². The molecule has 2 aromatic rings. The Balaban J connectivity index is 1.80. The van der Waals surface area contributed by atoms with Crippen LogP contribution in [0.4, 0.5) is 24.5 Å². The monoisotopic (exact) mass is 360 g/mol. The molecule has 7 heteroatoms. The van der Waals surface area contributed by atoms with Crippen molar-refractivity contribution in [1.82, 2.24) is 0 Å². The number of nitro benzene ring substituents is 1. The van der Waals surface area contributed by atoms with Gasteiger partial charge in [-0.3, -0.25) is 10.1 Å². The Bertz CT molecular complexity index is 908. The Labute approximate surface area is 147 Å². The van der Waals surface area contributed by atoms with Gasteiger partial charge < -0.3 is 5.32 Å². The van der Waals surface area contributed by atoms with Gasteiger partial charge >= 0.3 is 6.18 Å². The highest BCUT2D eigenvalue weighted by Gasteiger charge is 2.41. The average Bonchev–Trinajstić information content (AvgIpc) is 3.09. The highest BCUT2D eigenvalue weighted by molar-refractivity contribution is 5.62. The number of para-hydroxylation sites is 1. The summed E-state index contributed by atoms with van der Waals surface area (Å²) in [5.41, 5.74) is 1.08. The van der Waals surface area contributed by atoms with E-state index < -0.39 is 16.7 Å². The van der Waals surface area contributed by atoms with E-state index in [1.807, 2.05) is 12.2 Å². The largest absolute Gasteiger partial charge is 0.416 e. The smallest absolute Gasteiger partial charge is 0.377 e. The highest BCUT2D eigenvalue weighted by atomic mass is 19.4. The summed E-state index contributed by atoms with van der Waals surface area (Å²) in [6, 6.07) is 9.83. The average molecular weight is 360 g/mol. The predicted octanol–water partition coefficient (Wildman–Crippen LogP) is 5.44. The molecule has 0 saturated heterocycles. The van der Waals surface area contributed by atoms with Crippen LogP contribution in [-0.2, 0) is 6.18 Å². The van der Waals surface area contributed by atoms with Crippen LogP contribution in [-0.4, -0.2) is 4.92 Å².